The molecule has 0 amide bonds. The van der Waals surface area contributed by atoms with Gasteiger partial charge in [-0.1, -0.05) is 31.7 Å². The lowest BCUT2D eigenvalue weighted by atomic mass is 9.65. The van der Waals surface area contributed by atoms with Gasteiger partial charge in [-0.15, -0.1) is 0 Å². The second-order valence-electron chi connectivity index (χ2n) is 15.4. The molecule has 13 nitrogen and oxygen atoms in total. The summed E-state index contributed by atoms with van der Waals surface area (Å²) in [6.07, 6.45) is 16.4. The van der Waals surface area contributed by atoms with Crippen LogP contribution in [0.3, 0.4) is 0 Å². The Morgan fingerprint density at radius 3 is 1.85 bits per heavy atom. The zero-order chi connectivity index (χ0) is 35.9. The maximum Gasteiger partial charge on any atom is 0.224 e. The van der Waals surface area contributed by atoms with Crippen LogP contribution >= 0.6 is 0 Å². The summed E-state index contributed by atoms with van der Waals surface area (Å²) in [7, 11) is 0. The first-order valence-electron chi connectivity index (χ1n) is 19.0. The molecule has 0 saturated heterocycles. The number of nitrogens with two attached hydrogens (primary N) is 1. The van der Waals surface area contributed by atoms with Crippen LogP contribution < -0.4 is 27.0 Å². The predicted molar refractivity (Wildman–Crippen MR) is 196 cm³/mol. The van der Waals surface area contributed by atoms with Crippen LogP contribution in [0.25, 0.3) is 11.2 Å². The Bertz CT molecular complexity index is 1860. The standard InChI is InChI=1S/C37H49F2N11O2/c38-26-10-5-11-27(39)30(26)47-35-46-29-21-42-34(49-32(29)50(35)25-8-3-4-9-25)45-24-14-18-37(52,19-15-24)36(51)16-12-23(13-17-36)44-33-41-20-28(40)31(48-33)43-22-6-1-2-7-22/h5,10-11,20-25,51-52H,1-4,6-9,12-19,40H2,(H,46,47)(H,42,45,49)(H2,41,43,44,48). The van der Waals surface area contributed by atoms with Gasteiger partial charge in [-0.3, -0.25) is 4.57 Å². The van der Waals surface area contributed by atoms with E-state index in [-0.39, 0.29) is 23.8 Å². The molecule has 8 rings (SSSR count). The van der Waals surface area contributed by atoms with E-state index in [4.69, 9.17) is 10.7 Å². The van der Waals surface area contributed by atoms with Gasteiger partial charge in [-0.05, 0) is 89.2 Å². The maximum absolute atomic E-state index is 14.6. The van der Waals surface area contributed by atoms with Crippen LogP contribution in [0, 0.1) is 11.6 Å². The predicted octanol–water partition coefficient (Wildman–Crippen LogP) is 6.56. The molecular formula is C37H49F2N11O2. The van der Waals surface area contributed by atoms with Crippen molar-refractivity contribution in [3.05, 3.63) is 42.2 Å². The van der Waals surface area contributed by atoms with Gasteiger partial charge < -0.3 is 37.2 Å². The molecular weight excluding hydrogens is 668 g/mol. The fraction of sp³-hybridized carbons (Fsp3) is 0.595. The molecule has 4 aromatic rings. The summed E-state index contributed by atoms with van der Waals surface area (Å²) in [5, 5.41) is 36.9. The van der Waals surface area contributed by atoms with Gasteiger partial charge in [-0.2, -0.15) is 9.97 Å². The normalized spacial score (nSPS) is 27.2. The zero-order valence-electron chi connectivity index (χ0n) is 29.4. The molecule has 15 heteroatoms. The van der Waals surface area contributed by atoms with E-state index >= 15 is 0 Å². The molecule has 0 bridgehead atoms. The van der Waals surface area contributed by atoms with Crippen LogP contribution in [0.1, 0.15) is 109 Å². The van der Waals surface area contributed by atoms with E-state index in [0.717, 1.165) is 38.5 Å². The number of hydrogen-bond acceptors (Lipinski definition) is 12. The second-order valence-corrected chi connectivity index (χ2v) is 15.4. The van der Waals surface area contributed by atoms with E-state index in [2.05, 4.69) is 41.2 Å². The lowest BCUT2D eigenvalue weighted by Gasteiger charge is -2.50. The molecule has 8 N–H and O–H groups in total. The van der Waals surface area contributed by atoms with E-state index in [1.807, 2.05) is 4.57 Å². The molecule has 3 aromatic heterocycles. The number of nitrogen functional groups attached to an aromatic ring is 1. The molecule has 0 unspecified atom stereocenters. The van der Waals surface area contributed by atoms with Crippen molar-refractivity contribution in [1.29, 1.82) is 0 Å². The summed E-state index contributed by atoms with van der Waals surface area (Å²) in [4.78, 5) is 23.1. The van der Waals surface area contributed by atoms with E-state index < -0.39 is 22.8 Å². The zero-order valence-corrected chi connectivity index (χ0v) is 29.4. The van der Waals surface area contributed by atoms with Crippen molar-refractivity contribution in [2.45, 2.75) is 138 Å². The van der Waals surface area contributed by atoms with Gasteiger partial charge >= 0.3 is 0 Å². The van der Waals surface area contributed by atoms with Crippen LogP contribution in [0.5, 0.6) is 0 Å². The average molecular weight is 718 g/mol. The first-order valence-corrected chi connectivity index (χ1v) is 19.0. The number of benzene rings is 1. The summed E-state index contributed by atoms with van der Waals surface area (Å²) >= 11 is 0. The molecule has 278 valence electrons. The average Bonchev–Trinajstić information content (AvgIpc) is 3.92. The monoisotopic (exact) mass is 717 g/mol. The summed E-state index contributed by atoms with van der Waals surface area (Å²) in [5.41, 5.74) is 5.20. The molecule has 1 aromatic carbocycles. The van der Waals surface area contributed by atoms with E-state index in [0.29, 0.717) is 97.9 Å². The van der Waals surface area contributed by atoms with Gasteiger partial charge in [0.25, 0.3) is 0 Å². The largest absolute Gasteiger partial charge is 0.394 e. The molecule has 3 heterocycles. The highest BCUT2D eigenvalue weighted by Crippen LogP contribution is 2.45. The van der Waals surface area contributed by atoms with Crippen molar-refractivity contribution >= 4 is 46.2 Å². The second kappa shape index (κ2) is 14.2. The summed E-state index contributed by atoms with van der Waals surface area (Å²) in [5.74, 6) is 0.563. The van der Waals surface area contributed by atoms with Crippen molar-refractivity contribution < 1.29 is 19.0 Å². The van der Waals surface area contributed by atoms with Gasteiger partial charge in [-0.25, -0.2) is 23.7 Å². The van der Waals surface area contributed by atoms with Crippen molar-refractivity contribution in [3.63, 3.8) is 0 Å². The van der Waals surface area contributed by atoms with Crippen molar-refractivity contribution in [3.8, 4) is 0 Å². The van der Waals surface area contributed by atoms with Crippen molar-refractivity contribution in [2.24, 2.45) is 0 Å². The summed E-state index contributed by atoms with van der Waals surface area (Å²) < 4.78 is 31.1. The number of rotatable bonds is 10. The minimum absolute atomic E-state index is 0.00184. The number of nitrogens with zero attached hydrogens (tertiary/aromatic N) is 6. The molecule has 4 saturated carbocycles. The Morgan fingerprint density at radius 1 is 0.692 bits per heavy atom. The van der Waals surface area contributed by atoms with Gasteiger partial charge in [0.15, 0.2) is 11.5 Å². The number of aliphatic hydroxyl groups is 2. The van der Waals surface area contributed by atoms with Crippen LogP contribution in [-0.2, 0) is 0 Å². The number of hydrogen-bond donors (Lipinski definition) is 7. The van der Waals surface area contributed by atoms with E-state index in [1.165, 1.54) is 31.0 Å². The molecule has 0 spiro atoms. The Balaban J connectivity index is 0.895. The lowest BCUT2D eigenvalue weighted by molar-refractivity contribution is -0.184. The van der Waals surface area contributed by atoms with Gasteiger partial charge in [0.05, 0.1) is 29.3 Å². The van der Waals surface area contributed by atoms with Crippen LogP contribution in [0.4, 0.5) is 43.8 Å². The lowest BCUT2D eigenvalue weighted by Crippen LogP contribution is -2.59. The third-order valence-corrected chi connectivity index (χ3v) is 12.0. The van der Waals surface area contributed by atoms with Crippen LogP contribution in [0.15, 0.2) is 30.6 Å². The quantitative estimate of drug-likeness (QED) is 0.0939. The molecule has 4 aliphatic rings. The topological polar surface area (TPSA) is 184 Å². The fourth-order valence-electron chi connectivity index (χ4n) is 8.90. The first kappa shape index (κ1) is 34.7. The van der Waals surface area contributed by atoms with Gasteiger partial charge in [0.1, 0.15) is 22.8 Å². The number of nitrogens with one attached hydrogen (secondary N) is 4. The van der Waals surface area contributed by atoms with Crippen LogP contribution in [0.2, 0.25) is 0 Å². The molecule has 0 radical (unpaired) electrons. The third kappa shape index (κ3) is 6.92. The number of anilines is 6. The van der Waals surface area contributed by atoms with Crippen molar-refractivity contribution in [2.75, 3.05) is 27.0 Å². The maximum atomic E-state index is 14.6. The Kier molecular flexibility index (Phi) is 9.49. The number of imidazole rings is 1. The molecule has 52 heavy (non-hydrogen) atoms. The third-order valence-electron chi connectivity index (χ3n) is 12.0. The Hall–Kier alpha value is -4.37. The molecule has 0 atom stereocenters. The first-order chi connectivity index (χ1) is 25.2. The number of aromatic nitrogens is 6. The van der Waals surface area contributed by atoms with Gasteiger partial charge in [0, 0.05) is 24.2 Å². The molecule has 0 aliphatic heterocycles. The molecule has 4 fully saturated rings. The highest BCUT2D eigenvalue weighted by atomic mass is 19.1. The number of para-hydroxylation sites is 1. The SMILES string of the molecule is Nc1cnc(NC2CCC(O)(C3(O)CCC(Nc4ncc5nc(Nc6c(F)cccc6F)n(C6CCCC6)c5n4)CC3)CC2)nc1NC1CCCC1. The molecule has 4 aliphatic carbocycles. The highest BCUT2D eigenvalue weighted by molar-refractivity contribution is 5.77. The Labute approximate surface area is 301 Å². The number of fused-ring (bicyclic) bond motifs is 1. The summed E-state index contributed by atoms with van der Waals surface area (Å²) in [6.45, 7) is 0. The van der Waals surface area contributed by atoms with Crippen LogP contribution in [-0.4, -0.2) is 69.0 Å². The number of halogens is 2. The fourth-order valence-corrected chi connectivity index (χ4v) is 8.90. The summed E-state index contributed by atoms with van der Waals surface area (Å²) in [6, 6.07) is 4.32. The smallest absolute Gasteiger partial charge is 0.224 e. The Morgan fingerprint density at radius 2 is 1.23 bits per heavy atom. The minimum atomic E-state index is -1.19. The highest BCUT2D eigenvalue weighted by Gasteiger charge is 2.52. The van der Waals surface area contributed by atoms with E-state index in [9.17, 15) is 19.0 Å². The minimum Gasteiger partial charge on any atom is -0.394 e. The van der Waals surface area contributed by atoms with E-state index in [1.54, 1.807) is 12.4 Å². The van der Waals surface area contributed by atoms with Crippen molar-refractivity contribution in [1.82, 2.24) is 29.5 Å². The van der Waals surface area contributed by atoms with Gasteiger partial charge in [0.2, 0.25) is 17.8 Å².